The summed E-state index contributed by atoms with van der Waals surface area (Å²) in [6.45, 7) is 0.395. The number of nitrogens with one attached hydrogen (secondary N) is 1. The van der Waals surface area contributed by atoms with E-state index in [1.807, 2.05) is 6.07 Å². The molecule has 0 saturated carbocycles. The number of benzene rings is 1. The number of anilines is 1. The number of carboxylic acids is 1. The first kappa shape index (κ1) is 12.9. The molecule has 0 spiro atoms. The zero-order valence-electron chi connectivity index (χ0n) is 10.4. The Hall–Kier alpha value is -1.55. The van der Waals surface area contributed by atoms with Crippen LogP contribution in [0.4, 0.5) is 5.69 Å². The fourth-order valence-electron chi connectivity index (χ4n) is 2.31. The minimum atomic E-state index is -0.869. The maximum Gasteiger partial charge on any atom is 0.303 e. The summed E-state index contributed by atoms with van der Waals surface area (Å²) >= 11 is 0. The Morgan fingerprint density at radius 1 is 1.33 bits per heavy atom. The maximum absolute atomic E-state index is 10.4. The summed E-state index contributed by atoms with van der Waals surface area (Å²) in [5, 5.41) is 21.3. The molecule has 0 fully saturated rings. The van der Waals surface area contributed by atoms with Gasteiger partial charge in [-0.1, -0.05) is 6.07 Å². The van der Waals surface area contributed by atoms with Crippen molar-refractivity contribution in [3.8, 4) is 0 Å². The molecule has 3 N–H and O–H groups in total. The second kappa shape index (κ2) is 5.87. The number of aliphatic hydroxyl groups excluding tert-OH is 1. The van der Waals surface area contributed by atoms with Gasteiger partial charge in [0.2, 0.25) is 0 Å². The van der Waals surface area contributed by atoms with Crippen LogP contribution in [0, 0.1) is 0 Å². The van der Waals surface area contributed by atoms with Crippen molar-refractivity contribution in [2.24, 2.45) is 0 Å². The highest BCUT2D eigenvalue weighted by Gasteiger charge is 2.11. The largest absolute Gasteiger partial charge is 0.481 e. The summed E-state index contributed by atoms with van der Waals surface area (Å²) in [5.74, 6) is -0.869. The summed E-state index contributed by atoms with van der Waals surface area (Å²) in [5.41, 5.74) is 3.82. The summed E-state index contributed by atoms with van der Waals surface area (Å²) in [7, 11) is 0. The molecule has 1 aliphatic rings. The van der Waals surface area contributed by atoms with Crippen LogP contribution >= 0.6 is 0 Å². The Bertz CT molecular complexity index is 431. The standard InChI is InChI=1S/C14H19NO3/c16-13(6-7-14(17)18)9-15-12-5-4-10-2-1-3-11(10)8-12/h4-5,8,13,15-16H,1-3,6-7,9H2,(H,17,18). The van der Waals surface area contributed by atoms with Gasteiger partial charge in [-0.05, 0) is 48.9 Å². The van der Waals surface area contributed by atoms with E-state index in [0.717, 1.165) is 18.5 Å². The smallest absolute Gasteiger partial charge is 0.303 e. The van der Waals surface area contributed by atoms with Gasteiger partial charge >= 0.3 is 5.97 Å². The molecular formula is C14H19NO3. The number of fused-ring (bicyclic) bond motifs is 1. The number of rotatable bonds is 6. The SMILES string of the molecule is O=C(O)CCC(O)CNc1ccc2c(c1)CCC2. The second-order valence-corrected chi connectivity index (χ2v) is 4.80. The van der Waals surface area contributed by atoms with E-state index in [0.29, 0.717) is 6.54 Å². The number of carbonyl (C=O) groups is 1. The van der Waals surface area contributed by atoms with Crippen LogP contribution in [-0.4, -0.2) is 28.8 Å². The molecule has 0 radical (unpaired) electrons. The monoisotopic (exact) mass is 249 g/mol. The van der Waals surface area contributed by atoms with Gasteiger partial charge in [0, 0.05) is 18.7 Å². The van der Waals surface area contributed by atoms with E-state index in [1.165, 1.54) is 17.5 Å². The average Bonchev–Trinajstić information content (AvgIpc) is 2.81. The first-order chi connectivity index (χ1) is 8.65. The van der Waals surface area contributed by atoms with Gasteiger partial charge in [0.05, 0.1) is 6.10 Å². The fourth-order valence-corrected chi connectivity index (χ4v) is 2.31. The topological polar surface area (TPSA) is 69.6 Å². The number of hydrogen-bond donors (Lipinski definition) is 3. The Morgan fingerprint density at radius 2 is 2.11 bits per heavy atom. The number of carboxylic acid groups (broad SMARTS) is 1. The van der Waals surface area contributed by atoms with Gasteiger partial charge in [-0.25, -0.2) is 0 Å². The molecule has 2 rings (SSSR count). The normalized spacial score (nSPS) is 15.2. The van der Waals surface area contributed by atoms with E-state index in [9.17, 15) is 9.90 Å². The van der Waals surface area contributed by atoms with Gasteiger partial charge < -0.3 is 15.5 Å². The Morgan fingerprint density at radius 3 is 2.89 bits per heavy atom. The van der Waals surface area contributed by atoms with E-state index in [2.05, 4.69) is 17.4 Å². The van der Waals surface area contributed by atoms with E-state index >= 15 is 0 Å². The minimum absolute atomic E-state index is 0.00698. The molecule has 1 aromatic rings. The first-order valence-corrected chi connectivity index (χ1v) is 6.40. The molecule has 1 unspecified atom stereocenters. The minimum Gasteiger partial charge on any atom is -0.481 e. The highest BCUT2D eigenvalue weighted by molar-refractivity contribution is 5.66. The molecule has 1 aliphatic carbocycles. The summed E-state index contributed by atoms with van der Waals surface area (Å²) in [4.78, 5) is 10.4. The maximum atomic E-state index is 10.4. The van der Waals surface area contributed by atoms with E-state index in [1.54, 1.807) is 0 Å². The van der Waals surface area contributed by atoms with E-state index < -0.39 is 12.1 Å². The van der Waals surface area contributed by atoms with Gasteiger partial charge in [-0.15, -0.1) is 0 Å². The van der Waals surface area contributed by atoms with Crippen molar-refractivity contribution in [2.75, 3.05) is 11.9 Å². The quantitative estimate of drug-likeness (QED) is 0.719. The lowest BCUT2D eigenvalue weighted by atomic mass is 10.1. The Labute approximate surface area is 107 Å². The summed E-state index contributed by atoms with van der Waals surface area (Å²) in [6.07, 6.45) is 3.19. The van der Waals surface area contributed by atoms with Crippen LogP contribution in [0.3, 0.4) is 0 Å². The lowest BCUT2D eigenvalue weighted by Gasteiger charge is -2.12. The highest BCUT2D eigenvalue weighted by Crippen LogP contribution is 2.24. The van der Waals surface area contributed by atoms with Crippen molar-refractivity contribution in [2.45, 2.75) is 38.2 Å². The molecule has 0 aliphatic heterocycles. The molecule has 0 amide bonds. The lowest BCUT2D eigenvalue weighted by Crippen LogP contribution is -2.20. The molecule has 1 aromatic carbocycles. The molecule has 98 valence electrons. The number of aryl methyl sites for hydroxylation is 2. The Kier molecular flexibility index (Phi) is 4.20. The van der Waals surface area contributed by atoms with Gasteiger partial charge in [0.15, 0.2) is 0 Å². The van der Waals surface area contributed by atoms with E-state index in [-0.39, 0.29) is 12.8 Å². The van der Waals surface area contributed by atoms with Crippen molar-refractivity contribution < 1.29 is 15.0 Å². The molecule has 0 saturated heterocycles. The van der Waals surface area contributed by atoms with Crippen molar-refractivity contribution >= 4 is 11.7 Å². The van der Waals surface area contributed by atoms with Crippen molar-refractivity contribution in [1.82, 2.24) is 0 Å². The van der Waals surface area contributed by atoms with E-state index in [4.69, 9.17) is 5.11 Å². The fraction of sp³-hybridized carbons (Fsp3) is 0.500. The Balaban J connectivity index is 1.81. The predicted octanol–water partition coefficient (Wildman–Crippen LogP) is 1.81. The second-order valence-electron chi connectivity index (χ2n) is 4.80. The molecule has 4 heteroatoms. The van der Waals surface area contributed by atoms with Crippen molar-refractivity contribution in [3.05, 3.63) is 29.3 Å². The van der Waals surface area contributed by atoms with Gasteiger partial charge in [0.1, 0.15) is 0 Å². The average molecular weight is 249 g/mol. The summed E-state index contributed by atoms with van der Waals surface area (Å²) < 4.78 is 0. The van der Waals surface area contributed by atoms with Gasteiger partial charge in [0.25, 0.3) is 0 Å². The van der Waals surface area contributed by atoms with Crippen LogP contribution in [0.15, 0.2) is 18.2 Å². The van der Waals surface area contributed by atoms with Crippen molar-refractivity contribution in [3.63, 3.8) is 0 Å². The molecule has 18 heavy (non-hydrogen) atoms. The van der Waals surface area contributed by atoms with Crippen LogP contribution in [0.25, 0.3) is 0 Å². The predicted molar refractivity (Wildman–Crippen MR) is 69.8 cm³/mol. The molecule has 0 heterocycles. The van der Waals surface area contributed by atoms with Crippen LogP contribution in [0.1, 0.15) is 30.4 Å². The van der Waals surface area contributed by atoms with Gasteiger partial charge in [-0.2, -0.15) is 0 Å². The van der Waals surface area contributed by atoms with Gasteiger partial charge in [-0.3, -0.25) is 4.79 Å². The molecule has 4 nitrogen and oxygen atoms in total. The van der Waals surface area contributed by atoms with Crippen LogP contribution in [-0.2, 0) is 17.6 Å². The first-order valence-electron chi connectivity index (χ1n) is 6.40. The third-order valence-corrected chi connectivity index (χ3v) is 3.33. The van der Waals surface area contributed by atoms with Crippen LogP contribution in [0.2, 0.25) is 0 Å². The third-order valence-electron chi connectivity index (χ3n) is 3.33. The number of aliphatic carboxylic acids is 1. The zero-order valence-corrected chi connectivity index (χ0v) is 10.4. The molecule has 1 atom stereocenters. The lowest BCUT2D eigenvalue weighted by molar-refractivity contribution is -0.137. The van der Waals surface area contributed by atoms with Crippen LogP contribution in [0.5, 0.6) is 0 Å². The number of aliphatic hydroxyl groups is 1. The highest BCUT2D eigenvalue weighted by atomic mass is 16.4. The van der Waals surface area contributed by atoms with Crippen molar-refractivity contribution in [1.29, 1.82) is 0 Å². The zero-order chi connectivity index (χ0) is 13.0. The third kappa shape index (κ3) is 3.47. The number of hydrogen-bond acceptors (Lipinski definition) is 3. The summed E-state index contributed by atoms with van der Waals surface area (Å²) in [6, 6.07) is 6.29. The van der Waals surface area contributed by atoms with Crippen LogP contribution < -0.4 is 5.32 Å². The molecule has 0 bridgehead atoms. The molecular weight excluding hydrogens is 230 g/mol. The molecule has 0 aromatic heterocycles.